The summed E-state index contributed by atoms with van der Waals surface area (Å²) < 4.78 is 0. The molecule has 0 radical (unpaired) electrons. The maximum Gasteiger partial charge on any atom is 0.365 e. The molecule has 0 amide bonds. The zero-order valence-corrected chi connectivity index (χ0v) is 12.2. The summed E-state index contributed by atoms with van der Waals surface area (Å²) in [6.07, 6.45) is 4.97. The lowest BCUT2D eigenvalue weighted by atomic mass is 10.1. The Morgan fingerprint density at radius 1 is 0.955 bits per heavy atom. The second-order valence-electron chi connectivity index (χ2n) is 5.22. The van der Waals surface area contributed by atoms with E-state index in [2.05, 4.69) is 23.4 Å². The Morgan fingerprint density at radius 2 is 1.64 bits per heavy atom. The summed E-state index contributed by atoms with van der Waals surface area (Å²) in [7, 11) is 0. The van der Waals surface area contributed by atoms with Crippen molar-refractivity contribution in [3.8, 4) is 0 Å². The molecular formula is C19H17NO2. The summed E-state index contributed by atoms with van der Waals surface area (Å²) in [6, 6.07) is 19.0. The van der Waals surface area contributed by atoms with E-state index < -0.39 is 5.97 Å². The van der Waals surface area contributed by atoms with Crippen LogP contribution in [0.1, 0.15) is 35.2 Å². The first-order valence-electron chi connectivity index (χ1n) is 7.42. The predicted octanol–water partition coefficient (Wildman–Crippen LogP) is 4.47. The van der Waals surface area contributed by atoms with Gasteiger partial charge in [0.25, 0.3) is 0 Å². The van der Waals surface area contributed by atoms with E-state index in [4.69, 9.17) is 4.84 Å². The van der Waals surface area contributed by atoms with Crippen molar-refractivity contribution >= 4 is 17.8 Å². The molecule has 2 aromatic rings. The van der Waals surface area contributed by atoms with Crippen molar-refractivity contribution in [2.24, 2.45) is 5.16 Å². The van der Waals surface area contributed by atoms with Gasteiger partial charge in [-0.1, -0.05) is 53.7 Å². The minimum Gasteiger partial charge on any atom is -0.313 e. The third-order valence-corrected chi connectivity index (χ3v) is 3.62. The van der Waals surface area contributed by atoms with E-state index in [1.165, 1.54) is 0 Å². The molecule has 0 bridgehead atoms. The van der Waals surface area contributed by atoms with Gasteiger partial charge < -0.3 is 4.84 Å². The molecule has 0 N–H and O–H groups in total. The summed E-state index contributed by atoms with van der Waals surface area (Å²) >= 11 is 0. The molecule has 2 aromatic carbocycles. The first-order chi connectivity index (χ1) is 10.8. The van der Waals surface area contributed by atoms with E-state index in [-0.39, 0.29) is 0 Å². The fraction of sp³-hybridized carbons (Fsp3) is 0.158. The summed E-state index contributed by atoms with van der Waals surface area (Å²) in [6.45, 7) is 0. The van der Waals surface area contributed by atoms with Crippen molar-refractivity contribution in [2.45, 2.75) is 19.3 Å². The van der Waals surface area contributed by atoms with Crippen molar-refractivity contribution < 1.29 is 9.63 Å². The Bertz CT molecular complexity index is 703. The highest BCUT2D eigenvalue weighted by molar-refractivity contribution is 6.05. The van der Waals surface area contributed by atoms with Crippen LogP contribution in [0, 0.1) is 0 Å². The van der Waals surface area contributed by atoms with Gasteiger partial charge in [-0.25, -0.2) is 4.79 Å². The maximum atomic E-state index is 11.9. The van der Waals surface area contributed by atoms with Gasteiger partial charge in [0.05, 0.1) is 11.3 Å². The third kappa shape index (κ3) is 3.50. The van der Waals surface area contributed by atoms with E-state index >= 15 is 0 Å². The van der Waals surface area contributed by atoms with Gasteiger partial charge in [-0.15, -0.1) is 0 Å². The molecule has 110 valence electrons. The van der Waals surface area contributed by atoms with Crippen molar-refractivity contribution in [3.05, 3.63) is 77.4 Å². The van der Waals surface area contributed by atoms with Crippen LogP contribution in [-0.4, -0.2) is 11.7 Å². The number of carbonyl (C=O) groups excluding carboxylic acids is 1. The molecule has 1 aliphatic rings. The van der Waals surface area contributed by atoms with Gasteiger partial charge in [0.2, 0.25) is 0 Å². The number of hydrogen-bond donors (Lipinski definition) is 0. The maximum absolute atomic E-state index is 11.9. The molecule has 0 spiro atoms. The lowest BCUT2D eigenvalue weighted by Gasteiger charge is -2.02. The molecule has 22 heavy (non-hydrogen) atoms. The molecule has 3 heteroatoms. The summed E-state index contributed by atoms with van der Waals surface area (Å²) in [4.78, 5) is 17.0. The van der Waals surface area contributed by atoms with E-state index in [1.807, 2.05) is 24.3 Å². The largest absolute Gasteiger partial charge is 0.365 e. The van der Waals surface area contributed by atoms with Gasteiger partial charge in [-0.05, 0) is 48.6 Å². The molecule has 1 aliphatic carbocycles. The molecule has 0 saturated heterocycles. The molecule has 0 aliphatic heterocycles. The molecular weight excluding hydrogens is 274 g/mol. The molecule has 0 atom stereocenters. The normalized spacial score (nSPS) is 17.8. The van der Waals surface area contributed by atoms with Crippen molar-refractivity contribution in [1.82, 2.24) is 0 Å². The SMILES string of the molecule is O=C(O/N=C1\CCC\C1=C\c1ccccc1)c1ccccc1. The van der Waals surface area contributed by atoms with Crippen molar-refractivity contribution in [2.75, 3.05) is 0 Å². The number of allylic oxidation sites excluding steroid dienone is 1. The molecule has 1 fully saturated rings. The van der Waals surface area contributed by atoms with Crippen LogP contribution in [0.2, 0.25) is 0 Å². The predicted molar refractivity (Wildman–Crippen MR) is 87.6 cm³/mol. The third-order valence-electron chi connectivity index (χ3n) is 3.62. The Labute approximate surface area is 129 Å². The number of nitrogens with zero attached hydrogens (tertiary/aromatic N) is 1. The van der Waals surface area contributed by atoms with Crippen LogP contribution < -0.4 is 0 Å². The smallest absolute Gasteiger partial charge is 0.313 e. The summed E-state index contributed by atoms with van der Waals surface area (Å²) in [5.41, 5.74) is 3.67. The Balaban J connectivity index is 1.73. The first kappa shape index (κ1) is 14.3. The molecule has 0 aromatic heterocycles. The minimum absolute atomic E-state index is 0.418. The number of rotatable bonds is 3. The standard InChI is InChI=1S/C19H17NO2/c21-19(16-10-5-2-6-11-16)22-20-18-13-7-12-17(18)14-15-8-3-1-4-9-15/h1-6,8-11,14H,7,12-13H2/b17-14-,20-18+. The van der Waals surface area contributed by atoms with Crippen molar-refractivity contribution in [3.63, 3.8) is 0 Å². The Kier molecular flexibility index (Phi) is 4.44. The lowest BCUT2D eigenvalue weighted by molar-refractivity contribution is 0.0516. The quantitative estimate of drug-likeness (QED) is 0.618. The van der Waals surface area contributed by atoms with E-state index in [0.717, 1.165) is 36.1 Å². The van der Waals surface area contributed by atoms with Crippen molar-refractivity contribution in [1.29, 1.82) is 0 Å². The highest BCUT2D eigenvalue weighted by Gasteiger charge is 2.17. The topological polar surface area (TPSA) is 38.7 Å². The van der Waals surface area contributed by atoms with Gasteiger partial charge in [0.15, 0.2) is 0 Å². The molecule has 1 saturated carbocycles. The number of hydrogen-bond acceptors (Lipinski definition) is 3. The zero-order chi connectivity index (χ0) is 15.2. The first-order valence-corrected chi connectivity index (χ1v) is 7.42. The van der Waals surface area contributed by atoms with Crippen LogP contribution in [0.4, 0.5) is 0 Å². The van der Waals surface area contributed by atoms with Crippen LogP contribution in [0.25, 0.3) is 6.08 Å². The average Bonchev–Trinajstić information content (AvgIpc) is 3.01. The van der Waals surface area contributed by atoms with E-state index in [0.29, 0.717) is 5.56 Å². The Morgan fingerprint density at radius 3 is 2.36 bits per heavy atom. The van der Waals surface area contributed by atoms with Crippen LogP contribution >= 0.6 is 0 Å². The highest BCUT2D eigenvalue weighted by Crippen LogP contribution is 2.24. The molecule has 3 nitrogen and oxygen atoms in total. The van der Waals surface area contributed by atoms with Crippen LogP contribution in [-0.2, 0) is 4.84 Å². The van der Waals surface area contributed by atoms with Gasteiger partial charge in [-0.3, -0.25) is 0 Å². The zero-order valence-electron chi connectivity index (χ0n) is 12.2. The Hall–Kier alpha value is -2.68. The van der Waals surface area contributed by atoms with E-state index in [9.17, 15) is 4.79 Å². The van der Waals surface area contributed by atoms with Crippen LogP contribution in [0.15, 0.2) is 71.4 Å². The second-order valence-corrected chi connectivity index (χ2v) is 5.22. The van der Waals surface area contributed by atoms with Gasteiger partial charge in [0, 0.05) is 0 Å². The number of benzene rings is 2. The fourth-order valence-electron chi connectivity index (χ4n) is 2.48. The van der Waals surface area contributed by atoms with E-state index in [1.54, 1.807) is 24.3 Å². The van der Waals surface area contributed by atoms with Gasteiger partial charge in [-0.2, -0.15) is 0 Å². The molecule has 3 rings (SSSR count). The highest BCUT2D eigenvalue weighted by atomic mass is 16.7. The molecule has 0 unspecified atom stereocenters. The number of carbonyl (C=O) groups is 1. The minimum atomic E-state index is -0.418. The fourth-order valence-corrected chi connectivity index (χ4v) is 2.48. The van der Waals surface area contributed by atoms with Gasteiger partial charge >= 0.3 is 5.97 Å². The lowest BCUT2D eigenvalue weighted by Crippen LogP contribution is -2.03. The average molecular weight is 291 g/mol. The number of oxime groups is 1. The van der Waals surface area contributed by atoms with Gasteiger partial charge in [0.1, 0.15) is 0 Å². The van der Waals surface area contributed by atoms with Crippen LogP contribution in [0.3, 0.4) is 0 Å². The summed E-state index contributed by atoms with van der Waals surface area (Å²) in [5, 5.41) is 4.08. The molecule has 0 heterocycles. The summed E-state index contributed by atoms with van der Waals surface area (Å²) in [5.74, 6) is -0.418. The monoisotopic (exact) mass is 291 g/mol. The second kappa shape index (κ2) is 6.85. The van der Waals surface area contributed by atoms with Crippen LogP contribution in [0.5, 0.6) is 0 Å².